The highest BCUT2D eigenvalue weighted by atomic mass is 16.4. The van der Waals surface area contributed by atoms with E-state index in [-0.39, 0.29) is 17.7 Å². The number of nitrogens with two attached hydrogens (primary N) is 1. The van der Waals surface area contributed by atoms with Crippen LogP contribution in [0.3, 0.4) is 0 Å². The van der Waals surface area contributed by atoms with E-state index in [2.05, 4.69) is 4.98 Å². The number of phenols is 1. The molecule has 1 heterocycles. The molecule has 0 unspecified atom stereocenters. The summed E-state index contributed by atoms with van der Waals surface area (Å²) >= 11 is 0. The molecule has 0 aliphatic rings. The molecule has 1 amide bonds. The largest absolute Gasteiger partial charge is 0.508 e. The third-order valence-corrected chi connectivity index (χ3v) is 4.18. The number of aromatic carboxylic acids is 1. The Bertz CT molecular complexity index is 994. The van der Waals surface area contributed by atoms with Crippen LogP contribution in [0.25, 0.3) is 0 Å². The number of imidazole rings is 1. The number of aromatic hydroxyl groups is 1. The Morgan fingerprint density at radius 2 is 1.81 bits per heavy atom. The lowest BCUT2D eigenvalue weighted by atomic mass is 10.0. The predicted octanol–water partition coefficient (Wildman–Crippen LogP) is 1.95. The van der Waals surface area contributed by atoms with Crippen molar-refractivity contribution >= 4 is 11.9 Å². The van der Waals surface area contributed by atoms with Crippen molar-refractivity contribution in [2.75, 3.05) is 0 Å². The molecular weight excluding hydrogens is 346 g/mol. The first-order chi connectivity index (χ1) is 12.9. The lowest BCUT2D eigenvalue weighted by Gasteiger charge is -2.10. The van der Waals surface area contributed by atoms with Crippen molar-refractivity contribution in [3.8, 4) is 5.75 Å². The summed E-state index contributed by atoms with van der Waals surface area (Å²) < 4.78 is 1.82. The van der Waals surface area contributed by atoms with Crippen LogP contribution in [-0.2, 0) is 24.2 Å². The smallest absolute Gasteiger partial charge is 0.335 e. The molecule has 0 aliphatic heterocycles. The molecule has 0 radical (unpaired) electrons. The summed E-state index contributed by atoms with van der Waals surface area (Å²) in [5.41, 5.74) is 8.57. The molecular formula is C20H19N3O4. The van der Waals surface area contributed by atoms with Gasteiger partial charge in [0.1, 0.15) is 5.75 Å². The third kappa shape index (κ3) is 4.52. The molecule has 138 valence electrons. The van der Waals surface area contributed by atoms with E-state index in [4.69, 9.17) is 10.8 Å². The fourth-order valence-corrected chi connectivity index (χ4v) is 2.96. The number of nitrogens with zero attached hydrogens (tertiary/aromatic N) is 2. The molecule has 7 nitrogen and oxygen atoms in total. The minimum Gasteiger partial charge on any atom is -0.508 e. The molecule has 0 fully saturated rings. The van der Waals surface area contributed by atoms with Gasteiger partial charge in [0.25, 0.3) is 0 Å². The van der Waals surface area contributed by atoms with E-state index < -0.39 is 11.9 Å². The minimum absolute atomic E-state index is 0.0206. The average Bonchev–Trinajstić information content (AvgIpc) is 2.96. The summed E-state index contributed by atoms with van der Waals surface area (Å²) in [6.07, 6.45) is 2.03. The second-order valence-corrected chi connectivity index (χ2v) is 6.26. The molecule has 3 aromatic rings. The fraction of sp³-hybridized carbons (Fsp3) is 0.150. The van der Waals surface area contributed by atoms with E-state index in [1.807, 2.05) is 16.7 Å². The van der Waals surface area contributed by atoms with E-state index in [0.29, 0.717) is 24.4 Å². The van der Waals surface area contributed by atoms with Gasteiger partial charge in [0.15, 0.2) is 0 Å². The second-order valence-electron chi connectivity index (χ2n) is 6.26. The van der Waals surface area contributed by atoms with Gasteiger partial charge in [-0.15, -0.1) is 0 Å². The van der Waals surface area contributed by atoms with Crippen molar-refractivity contribution in [1.29, 1.82) is 0 Å². The number of rotatable bonds is 7. The normalized spacial score (nSPS) is 10.7. The minimum atomic E-state index is -0.997. The number of hydrogen-bond acceptors (Lipinski definition) is 4. The Morgan fingerprint density at radius 1 is 1.07 bits per heavy atom. The number of carboxylic acid groups (broad SMARTS) is 1. The Labute approximate surface area is 155 Å². The van der Waals surface area contributed by atoms with Gasteiger partial charge in [0.2, 0.25) is 5.91 Å². The van der Waals surface area contributed by atoms with Gasteiger partial charge in [-0.1, -0.05) is 24.3 Å². The molecule has 4 N–H and O–H groups in total. The molecule has 7 heteroatoms. The SMILES string of the molecule is NC(=O)Cc1c(Cc2cccc(C(=O)O)c2)ncn1Cc1cccc(O)c1. The highest BCUT2D eigenvalue weighted by Gasteiger charge is 2.15. The maximum atomic E-state index is 11.5. The first kappa shape index (κ1) is 18.2. The van der Waals surface area contributed by atoms with E-state index in [1.165, 1.54) is 6.07 Å². The number of phenolic OH excluding ortho intramolecular Hbond substituents is 1. The zero-order chi connectivity index (χ0) is 19.4. The molecule has 0 saturated carbocycles. The van der Waals surface area contributed by atoms with Crippen LogP contribution in [0.5, 0.6) is 5.75 Å². The van der Waals surface area contributed by atoms with Crippen molar-refractivity contribution in [3.05, 3.63) is 82.9 Å². The van der Waals surface area contributed by atoms with Gasteiger partial charge in [0, 0.05) is 13.0 Å². The number of carbonyl (C=O) groups is 2. The fourth-order valence-electron chi connectivity index (χ4n) is 2.96. The van der Waals surface area contributed by atoms with Gasteiger partial charge in [-0.3, -0.25) is 4.79 Å². The van der Waals surface area contributed by atoms with Gasteiger partial charge in [-0.25, -0.2) is 9.78 Å². The zero-order valence-corrected chi connectivity index (χ0v) is 14.5. The summed E-state index contributed by atoms with van der Waals surface area (Å²) in [7, 11) is 0. The highest BCUT2D eigenvalue weighted by molar-refractivity contribution is 5.87. The van der Waals surface area contributed by atoms with Crippen molar-refractivity contribution in [2.45, 2.75) is 19.4 Å². The van der Waals surface area contributed by atoms with E-state index >= 15 is 0 Å². The lowest BCUT2D eigenvalue weighted by Crippen LogP contribution is -2.18. The van der Waals surface area contributed by atoms with Crippen molar-refractivity contribution in [1.82, 2.24) is 9.55 Å². The summed E-state index contributed by atoms with van der Waals surface area (Å²) in [5, 5.41) is 18.8. The second kappa shape index (κ2) is 7.74. The molecule has 0 spiro atoms. The number of benzene rings is 2. The molecule has 1 aromatic heterocycles. The Kier molecular flexibility index (Phi) is 5.21. The lowest BCUT2D eigenvalue weighted by molar-refractivity contribution is -0.117. The molecule has 0 saturated heterocycles. The van der Waals surface area contributed by atoms with Crippen molar-refractivity contribution in [3.63, 3.8) is 0 Å². The average molecular weight is 365 g/mol. The van der Waals surface area contributed by atoms with Crippen LogP contribution in [0.1, 0.15) is 32.9 Å². The van der Waals surface area contributed by atoms with Crippen molar-refractivity contribution in [2.24, 2.45) is 5.73 Å². The monoisotopic (exact) mass is 365 g/mol. The standard InChI is InChI=1S/C20H19N3O4/c21-19(25)10-18-17(9-13-3-1-5-15(7-13)20(26)27)22-12-23(18)11-14-4-2-6-16(24)8-14/h1-8,12,24H,9-11H2,(H2,21,25)(H,26,27). The van der Waals surface area contributed by atoms with E-state index in [9.17, 15) is 14.7 Å². The van der Waals surface area contributed by atoms with Gasteiger partial charge in [-0.05, 0) is 35.4 Å². The highest BCUT2D eigenvalue weighted by Crippen LogP contribution is 2.18. The summed E-state index contributed by atoms with van der Waals surface area (Å²) in [6, 6.07) is 13.4. The number of carbonyl (C=O) groups excluding carboxylic acids is 1. The summed E-state index contributed by atoms with van der Waals surface area (Å²) in [6.45, 7) is 0.430. The Morgan fingerprint density at radius 3 is 2.52 bits per heavy atom. The molecule has 0 atom stereocenters. The summed E-state index contributed by atoms with van der Waals surface area (Å²) in [4.78, 5) is 27.1. The Hall–Kier alpha value is -3.61. The van der Waals surface area contributed by atoms with Gasteiger partial charge in [-0.2, -0.15) is 0 Å². The number of hydrogen-bond donors (Lipinski definition) is 3. The number of carboxylic acids is 1. The van der Waals surface area contributed by atoms with E-state index in [1.54, 1.807) is 36.7 Å². The van der Waals surface area contributed by atoms with Crippen LogP contribution < -0.4 is 5.73 Å². The first-order valence-electron chi connectivity index (χ1n) is 8.33. The molecule has 0 aliphatic carbocycles. The van der Waals surface area contributed by atoms with E-state index in [0.717, 1.165) is 11.1 Å². The number of amides is 1. The predicted molar refractivity (Wildman–Crippen MR) is 98.5 cm³/mol. The molecule has 3 rings (SSSR count). The Balaban J connectivity index is 1.91. The summed E-state index contributed by atoms with van der Waals surface area (Å²) in [5.74, 6) is -1.31. The van der Waals surface area contributed by atoms with Gasteiger partial charge in [0.05, 0.1) is 29.7 Å². The quantitative estimate of drug-likeness (QED) is 0.591. The maximum absolute atomic E-state index is 11.5. The first-order valence-corrected chi connectivity index (χ1v) is 8.33. The topological polar surface area (TPSA) is 118 Å². The van der Waals surface area contributed by atoms with Crippen LogP contribution in [-0.4, -0.2) is 31.6 Å². The van der Waals surface area contributed by atoms with Crippen LogP contribution in [0.4, 0.5) is 0 Å². The van der Waals surface area contributed by atoms with Crippen LogP contribution in [0.15, 0.2) is 54.9 Å². The number of aromatic nitrogens is 2. The van der Waals surface area contributed by atoms with Crippen LogP contribution in [0.2, 0.25) is 0 Å². The molecule has 27 heavy (non-hydrogen) atoms. The molecule has 0 bridgehead atoms. The maximum Gasteiger partial charge on any atom is 0.335 e. The third-order valence-electron chi connectivity index (χ3n) is 4.18. The number of primary amides is 1. The molecule has 2 aromatic carbocycles. The van der Waals surface area contributed by atoms with Crippen LogP contribution in [0, 0.1) is 0 Å². The van der Waals surface area contributed by atoms with Crippen molar-refractivity contribution < 1.29 is 19.8 Å². The van der Waals surface area contributed by atoms with Gasteiger partial charge >= 0.3 is 5.97 Å². The zero-order valence-electron chi connectivity index (χ0n) is 14.5. The van der Waals surface area contributed by atoms with Gasteiger partial charge < -0.3 is 20.5 Å². The van der Waals surface area contributed by atoms with Crippen LogP contribution >= 0.6 is 0 Å².